The monoisotopic (exact) mass is 1040 g/mol. The van der Waals surface area contributed by atoms with Crippen LogP contribution in [0.1, 0.15) is 50.5 Å². The Morgan fingerprint density at radius 2 is 0.515 bits per heavy atom. The summed E-state index contributed by atoms with van der Waals surface area (Å²) < 4.78 is 0. The molecule has 2 N–H and O–H groups in total. The van der Waals surface area contributed by atoms with E-state index in [1.807, 2.05) is 12.1 Å². The first kappa shape index (κ1) is 64.7. The Balaban J connectivity index is 3.44. The molecule has 0 bridgehead atoms. The zero-order valence-electron chi connectivity index (χ0n) is 46.1. The van der Waals surface area contributed by atoms with Gasteiger partial charge in [-0.25, -0.2) is 0 Å². The molecule has 10 heteroatoms. The molecule has 0 aromatic heterocycles. The van der Waals surface area contributed by atoms with Crippen LogP contribution in [0.4, 0.5) is 0 Å². The highest BCUT2D eigenvalue weighted by atomic mass is 28.3. The van der Waals surface area contributed by atoms with Gasteiger partial charge in [0.15, 0.2) is 0 Å². The van der Waals surface area contributed by atoms with Crippen LogP contribution in [0.5, 0.6) is 0 Å². The Morgan fingerprint density at radius 3 is 0.706 bits per heavy atom. The van der Waals surface area contributed by atoms with Crippen LogP contribution in [0.25, 0.3) is 0 Å². The first-order valence-electron chi connectivity index (χ1n) is 27.4. The second-order valence-electron chi connectivity index (χ2n) is 24.7. The lowest BCUT2D eigenvalue weighted by Gasteiger charge is -2.35. The van der Waals surface area contributed by atoms with Gasteiger partial charge in [0.1, 0.15) is 0 Å². The van der Waals surface area contributed by atoms with Gasteiger partial charge in [-0.15, -0.1) is 52.6 Å². The van der Waals surface area contributed by atoms with E-state index in [1.54, 1.807) is 0 Å². The van der Waals surface area contributed by atoms with Crippen LogP contribution < -0.4 is 5.46 Å². The minimum absolute atomic E-state index is 0.580. The van der Waals surface area contributed by atoms with E-state index < -0.39 is 63.6 Å². The maximum atomic E-state index is 9.73. The predicted octanol–water partition coefficient (Wildman–Crippen LogP) is 18.7. The highest BCUT2D eigenvalue weighted by molar-refractivity contribution is 6.83. The zero-order valence-corrected chi connectivity index (χ0v) is 53.1. The fourth-order valence-corrected chi connectivity index (χ4v) is 37.9. The van der Waals surface area contributed by atoms with Gasteiger partial charge in [-0.2, -0.15) is 0 Å². The molecule has 68 heavy (non-hydrogen) atoms. The van der Waals surface area contributed by atoms with Crippen LogP contribution in [-0.4, -0.2) is 73.7 Å². The van der Waals surface area contributed by atoms with Crippen molar-refractivity contribution in [1.82, 2.24) is 0 Å². The number of hydrogen-bond acceptors (Lipinski definition) is 2. The summed E-state index contributed by atoms with van der Waals surface area (Å²) in [5.41, 5.74) is 1.90. The van der Waals surface area contributed by atoms with Gasteiger partial charge >= 0.3 is 7.12 Å². The number of rotatable bonds is 45. The Bertz CT molecular complexity index is 1440. The van der Waals surface area contributed by atoms with Gasteiger partial charge in [0, 0.05) is 0 Å². The highest BCUT2D eigenvalue weighted by Gasteiger charge is 2.35. The third kappa shape index (κ3) is 26.4. The summed E-state index contributed by atoms with van der Waals surface area (Å²) >= 11 is 0. The SMILES string of the molecule is C=CC[Si](C)(CC=C)CCC[Si](C)(CCC[Si](C)(CC=C)CC=C)CCC[Si](C)(CCCc1ccc(B(O)O)cc1)CCC[Si](C)(CCC[Si](C)(CC=C)CC=C)CCC[Si](C)(CC=C)CC=C. The van der Waals surface area contributed by atoms with Crippen LogP contribution in [0.15, 0.2) is 126 Å². The average Bonchev–Trinajstić information content (AvgIpc) is 3.24. The average molecular weight is 1050 g/mol. The number of hydrogen-bond donors (Lipinski definition) is 2. The summed E-state index contributed by atoms with van der Waals surface area (Å²) in [7, 11) is -11.4. The lowest BCUT2D eigenvalue weighted by molar-refractivity contribution is 0.426. The lowest BCUT2D eigenvalue weighted by Crippen LogP contribution is -2.36. The molecule has 0 fully saturated rings. The molecule has 1 aromatic carbocycles. The summed E-state index contributed by atoms with van der Waals surface area (Å²) in [5.74, 6) is 0. The molecular formula is C58H109BO2Si7. The summed E-state index contributed by atoms with van der Waals surface area (Å²) in [5, 5.41) is 19.5. The van der Waals surface area contributed by atoms with Crippen LogP contribution >= 0.6 is 0 Å². The lowest BCUT2D eigenvalue weighted by atomic mass is 9.80. The summed E-state index contributed by atoms with van der Waals surface area (Å²) in [6.45, 7) is 52.2. The molecule has 1 aromatic rings. The van der Waals surface area contributed by atoms with E-state index >= 15 is 0 Å². The molecule has 0 saturated carbocycles. The molecule has 0 aliphatic heterocycles. The van der Waals surface area contributed by atoms with E-state index in [-0.39, 0.29) is 0 Å². The van der Waals surface area contributed by atoms with Crippen LogP contribution in [-0.2, 0) is 6.42 Å². The van der Waals surface area contributed by atoms with Gasteiger partial charge in [-0.05, 0) is 65.8 Å². The van der Waals surface area contributed by atoms with Gasteiger partial charge < -0.3 is 10.0 Å². The molecule has 384 valence electrons. The van der Waals surface area contributed by atoms with Crippen LogP contribution in [0.3, 0.4) is 0 Å². The van der Waals surface area contributed by atoms with E-state index in [0.717, 1.165) is 6.42 Å². The smallest absolute Gasteiger partial charge is 0.423 e. The van der Waals surface area contributed by atoms with E-state index in [0.29, 0.717) is 5.46 Å². The molecule has 0 saturated heterocycles. The summed E-state index contributed by atoms with van der Waals surface area (Å²) in [6, 6.07) is 36.6. The molecule has 0 spiro atoms. The van der Waals surface area contributed by atoms with Crippen molar-refractivity contribution in [2.45, 2.75) is 224 Å². The molecule has 0 amide bonds. The van der Waals surface area contributed by atoms with Crippen molar-refractivity contribution >= 4 is 69.1 Å². The van der Waals surface area contributed by atoms with E-state index in [9.17, 15) is 10.0 Å². The van der Waals surface area contributed by atoms with Crippen molar-refractivity contribution in [1.29, 1.82) is 0 Å². The van der Waals surface area contributed by atoms with Gasteiger partial charge in [-0.3, -0.25) is 0 Å². The summed E-state index contributed by atoms with van der Waals surface area (Å²) in [4.78, 5) is 0. The Labute approximate surface area is 431 Å². The number of aryl methyl sites for hydroxylation is 1. The number of allylic oxidation sites excluding steroid dienone is 8. The zero-order chi connectivity index (χ0) is 51.2. The van der Waals surface area contributed by atoms with Crippen LogP contribution in [0.2, 0.25) is 173 Å². The van der Waals surface area contributed by atoms with Crippen molar-refractivity contribution in [3.8, 4) is 0 Å². The third-order valence-electron chi connectivity index (χ3n) is 17.0. The summed E-state index contributed by atoms with van der Waals surface area (Å²) in [6.07, 6.45) is 28.3. The van der Waals surface area contributed by atoms with Crippen molar-refractivity contribution in [2.75, 3.05) is 0 Å². The molecule has 0 heterocycles. The molecule has 1 rings (SSSR count). The molecule has 0 unspecified atom stereocenters. The molecule has 0 aliphatic rings. The minimum atomic E-state index is -1.56. The van der Waals surface area contributed by atoms with Gasteiger partial charge in [-0.1, -0.05) is 242 Å². The van der Waals surface area contributed by atoms with Crippen molar-refractivity contribution < 1.29 is 10.0 Å². The van der Waals surface area contributed by atoms with E-state index in [1.165, 1.54) is 177 Å². The number of benzene rings is 1. The first-order chi connectivity index (χ1) is 32.1. The largest absolute Gasteiger partial charge is 0.488 e. The van der Waals surface area contributed by atoms with E-state index in [2.05, 4.69) is 159 Å². The highest BCUT2D eigenvalue weighted by Crippen LogP contribution is 2.39. The quantitative estimate of drug-likeness (QED) is 0.0505. The topological polar surface area (TPSA) is 40.5 Å². The Hall–Kier alpha value is -1.36. The van der Waals surface area contributed by atoms with Gasteiger partial charge in [0.2, 0.25) is 0 Å². The minimum Gasteiger partial charge on any atom is -0.423 e. The van der Waals surface area contributed by atoms with Crippen molar-refractivity contribution in [3.05, 3.63) is 131 Å². The second-order valence-corrected chi connectivity index (χ2v) is 59.8. The normalized spacial score (nSPS) is 12.9. The predicted molar refractivity (Wildman–Crippen MR) is 336 cm³/mol. The van der Waals surface area contributed by atoms with Crippen molar-refractivity contribution in [3.63, 3.8) is 0 Å². The molecule has 0 aliphatic carbocycles. The molecule has 2 nitrogen and oxygen atoms in total. The molecule has 0 radical (unpaired) electrons. The third-order valence-corrected chi connectivity index (χ3v) is 47.5. The van der Waals surface area contributed by atoms with Gasteiger partial charge in [0.25, 0.3) is 0 Å². The Morgan fingerprint density at radius 1 is 0.324 bits per heavy atom. The van der Waals surface area contributed by atoms with E-state index in [4.69, 9.17) is 0 Å². The fourth-order valence-electron chi connectivity index (χ4n) is 12.3. The Kier molecular flexibility index (Phi) is 31.7. The molecule has 0 atom stereocenters. The first-order valence-corrected chi connectivity index (χ1v) is 49.3. The maximum absolute atomic E-state index is 9.73. The van der Waals surface area contributed by atoms with Crippen LogP contribution in [0, 0.1) is 0 Å². The molecular weight excluding hydrogens is 936 g/mol. The van der Waals surface area contributed by atoms with Gasteiger partial charge in [0.05, 0.1) is 56.5 Å². The van der Waals surface area contributed by atoms with Crippen molar-refractivity contribution in [2.24, 2.45) is 0 Å². The fraction of sp³-hybridized carbons (Fsp3) is 0.621. The maximum Gasteiger partial charge on any atom is 0.488 e. The standard InChI is InChI=1S/C58H109BO2Si7/c1-16-36-62(9,37-17-2)45-25-51-67(14,52-26-46-63(10,38-18-3)39-19-4)55-29-49-66(13,44-24-31-57-32-34-58(35-33-57)59(60)61)50-30-56-68(15,53-27-47-64(11,40-20-5)41-21-6)54-28-48-65(12,42-22-7)43-23-8/h16-23,32-35,60-61H,1-8,24-31,36-56H2,9-15H3. The second kappa shape index (κ2) is 33.4.